The van der Waals surface area contributed by atoms with Gasteiger partial charge in [-0.15, -0.1) is 0 Å². The number of carbonyl (C=O) groups is 3. The van der Waals surface area contributed by atoms with E-state index in [-0.39, 0.29) is 63.7 Å². The average molecular weight is 590 g/mol. The molecule has 5 aliphatic rings. The number of Topliss-reactive ketones (excluding diaryl/α,β-unsaturated/α-hetero) is 1. The summed E-state index contributed by atoms with van der Waals surface area (Å²) < 4.78 is 5.91. The lowest BCUT2D eigenvalue weighted by atomic mass is 9.33. The summed E-state index contributed by atoms with van der Waals surface area (Å²) in [5, 5.41) is 3.09. The number of esters is 1. The molecule has 4 fully saturated rings. The van der Waals surface area contributed by atoms with Gasteiger partial charge in [-0.2, -0.15) is 0 Å². The lowest BCUT2D eigenvalue weighted by Gasteiger charge is -2.72. The van der Waals surface area contributed by atoms with Gasteiger partial charge in [-0.25, -0.2) is 9.97 Å². The summed E-state index contributed by atoms with van der Waals surface area (Å²) in [7, 11) is 0. The SMILES string of the molecule is CC(=O)O[C@H]1CC[C@]2(C)[C@H]3CC[C@@H]4C5=C(C(C)C)C(=O)C[C@]5(C(=O)Nc5ccncn5)CC[C@@]4(C)[C@]3(C)CC[C@H]2C1(C)C. The van der Waals surface area contributed by atoms with Gasteiger partial charge in [-0.05, 0) is 108 Å². The molecule has 7 nitrogen and oxygen atoms in total. The summed E-state index contributed by atoms with van der Waals surface area (Å²) in [6, 6.07) is 1.72. The molecule has 4 saturated carbocycles. The molecule has 0 bridgehead atoms. The van der Waals surface area contributed by atoms with Crippen molar-refractivity contribution in [2.45, 2.75) is 119 Å². The minimum atomic E-state index is -0.805. The van der Waals surface area contributed by atoms with Crippen molar-refractivity contribution in [2.75, 3.05) is 5.32 Å². The fourth-order valence-corrected chi connectivity index (χ4v) is 11.9. The summed E-state index contributed by atoms with van der Waals surface area (Å²) in [5.41, 5.74) is 1.41. The van der Waals surface area contributed by atoms with Crippen LogP contribution in [0.1, 0.15) is 113 Å². The number of nitrogens with zero attached hydrogens (tertiary/aromatic N) is 2. The number of rotatable bonds is 4. The van der Waals surface area contributed by atoms with Crippen LogP contribution in [-0.2, 0) is 19.1 Å². The number of allylic oxidation sites excluding steroid dienone is 1. The molecule has 6 rings (SSSR count). The van der Waals surface area contributed by atoms with E-state index in [0.717, 1.165) is 56.1 Å². The highest BCUT2D eigenvalue weighted by molar-refractivity contribution is 6.09. The maximum absolute atomic E-state index is 14.2. The first-order valence-electron chi connectivity index (χ1n) is 16.6. The summed E-state index contributed by atoms with van der Waals surface area (Å²) in [4.78, 5) is 48.3. The number of hydrogen-bond acceptors (Lipinski definition) is 6. The number of hydrogen-bond donors (Lipinski definition) is 1. The van der Waals surface area contributed by atoms with E-state index in [0.29, 0.717) is 24.1 Å². The number of anilines is 1. The van der Waals surface area contributed by atoms with E-state index in [2.05, 4.69) is 63.8 Å². The third-order valence-electron chi connectivity index (χ3n) is 13.9. The molecule has 0 unspecified atom stereocenters. The smallest absolute Gasteiger partial charge is 0.302 e. The van der Waals surface area contributed by atoms with Gasteiger partial charge in [0, 0.05) is 25.0 Å². The van der Waals surface area contributed by atoms with Crippen LogP contribution < -0.4 is 5.32 Å². The molecule has 1 heterocycles. The number of carbonyl (C=O) groups excluding carboxylic acids is 3. The lowest BCUT2D eigenvalue weighted by molar-refractivity contribution is -0.232. The largest absolute Gasteiger partial charge is 0.462 e. The van der Waals surface area contributed by atoms with Crippen molar-refractivity contribution in [3.05, 3.63) is 29.7 Å². The Labute approximate surface area is 257 Å². The third kappa shape index (κ3) is 4.15. The van der Waals surface area contributed by atoms with Crippen molar-refractivity contribution in [3.8, 4) is 0 Å². The van der Waals surface area contributed by atoms with Crippen molar-refractivity contribution in [2.24, 2.45) is 50.7 Å². The Kier molecular flexibility index (Phi) is 7.06. The number of fused-ring (bicyclic) bond motifs is 7. The van der Waals surface area contributed by atoms with Crippen LogP contribution in [0.25, 0.3) is 0 Å². The Morgan fingerprint density at radius 1 is 0.953 bits per heavy atom. The van der Waals surface area contributed by atoms with Gasteiger partial charge < -0.3 is 10.1 Å². The first-order chi connectivity index (χ1) is 20.1. The van der Waals surface area contributed by atoms with Crippen LogP contribution in [0.4, 0.5) is 5.82 Å². The molecule has 0 aromatic carbocycles. The molecule has 0 spiro atoms. The van der Waals surface area contributed by atoms with Crippen molar-refractivity contribution in [3.63, 3.8) is 0 Å². The predicted molar refractivity (Wildman–Crippen MR) is 166 cm³/mol. The molecule has 1 amide bonds. The van der Waals surface area contributed by atoms with Gasteiger partial charge in [-0.3, -0.25) is 14.4 Å². The second-order valence-electron chi connectivity index (χ2n) is 16.3. The summed E-state index contributed by atoms with van der Waals surface area (Å²) in [5.74, 6) is 1.69. The monoisotopic (exact) mass is 589 g/mol. The van der Waals surface area contributed by atoms with Gasteiger partial charge in [0.05, 0.1) is 5.41 Å². The number of nitrogens with one attached hydrogen (secondary N) is 1. The number of ketones is 1. The van der Waals surface area contributed by atoms with E-state index in [4.69, 9.17) is 4.74 Å². The Balaban J connectivity index is 1.39. The molecule has 1 aromatic rings. The van der Waals surface area contributed by atoms with Crippen molar-refractivity contribution in [1.82, 2.24) is 9.97 Å². The minimum absolute atomic E-state index is 0.0143. The van der Waals surface area contributed by atoms with Crippen LogP contribution in [0, 0.1) is 50.7 Å². The zero-order valence-corrected chi connectivity index (χ0v) is 27.5. The highest BCUT2D eigenvalue weighted by atomic mass is 16.5. The summed E-state index contributed by atoms with van der Waals surface area (Å²) >= 11 is 0. The van der Waals surface area contributed by atoms with E-state index in [1.807, 2.05) is 0 Å². The fraction of sp³-hybridized carbons (Fsp3) is 0.750. The summed E-state index contributed by atoms with van der Waals surface area (Å²) in [6.45, 7) is 18.0. The van der Waals surface area contributed by atoms with E-state index in [9.17, 15) is 14.4 Å². The number of aromatic nitrogens is 2. The highest BCUT2D eigenvalue weighted by Gasteiger charge is 2.71. The van der Waals surface area contributed by atoms with Gasteiger partial charge in [0.25, 0.3) is 0 Å². The van der Waals surface area contributed by atoms with Crippen LogP contribution in [0.3, 0.4) is 0 Å². The van der Waals surface area contributed by atoms with Gasteiger partial charge in [0.1, 0.15) is 18.2 Å². The van der Waals surface area contributed by atoms with E-state index < -0.39 is 5.41 Å². The lowest BCUT2D eigenvalue weighted by Crippen LogP contribution is -2.66. The zero-order chi connectivity index (χ0) is 31.2. The van der Waals surface area contributed by atoms with Crippen LogP contribution in [0.5, 0.6) is 0 Å². The van der Waals surface area contributed by atoms with Crippen molar-refractivity contribution < 1.29 is 19.1 Å². The topological polar surface area (TPSA) is 98.2 Å². The normalized spacial score (nSPS) is 41.6. The van der Waals surface area contributed by atoms with Gasteiger partial charge >= 0.3 is 5.97 Å². The fourth-order valence-electron chi connectivity index (χ4n) is 11.9. The molecular weight excluding hydrogens is 538 g/mol. The Hall–Kier alpha value is -2.57. The predicted octanol–water partition coefficient (Wildman–Crippen LogP) is 7.33. The molecule has 7 heteroatoms. The molecule has 1 aromatic heterocycles. The maximum Gasteiger partial charge on any atom is 0.302 e. The first kappa shape index (κ1) is 30.5. The zero-order valence-electron chi connectivity index (χ0n) is 27.5. The standard InChI is InChI=1S/C36H51N3O4/c1-21(2)29-24(41)19-36(31(42)39-28-13-18-37-20-38-28)17-16-34(7)23(30(29)36)9-10-26-33(6)14-12-27(43-22(3)40)32(4,5)25(33)11-15-35(26,34)8/h13,18,20-21,23,25-27H,9-12,14-17,19H2,1-8H3,(H,37,38,39,42)/t23-,25+,26-,27+,33+,34-,35-,36-/m1/s1. The van der Waals surface area contributed by atoms with Crippen LogP contribution in [0.2, 0.25) is 0 Å². The Bertz CT molecular complexity index is 1370. The van der Waals surface area contributed by atoms with Crippen LogP contribution >= 0.6 is 0 Å². The van der Waals surface area contributed by atoms with Crippen molar-refractivity contribution in [1.29, 1.82) is 0 Å². The van der Waals surface area contributed by atoms with Crippen LogP contribution in [0.15, 0.2) is 29.7 Å². The molecule has 8 atom stereocenters. The van der Waals surface area contributed by atoms with Crippen LogP contribution in [-0.4, -0.2) is 33.7 Å². The van der Waals surface area contributed by atoms with Gasteiger partial charge in [-0.1, -0.05) is 48.5 Å². The number of ether oxygens (including phenoxy) is 1. The Morgan fingerprint density at radius 2 is 1.70 bits per heavy atom. The van der Waals surface area contributed by atoms with Crippen molar-refractivity contribution >= 4 is 23.5 Å². The highest BCUT2D eigenvalue weighted by Crippen LogP contribution is 2.76. The second-order valence-corrected chi connectivity index (χ2v) is 16.3. The first-order valence-corrected chi connectivity index (χ1v) is 16.6. The molecule has 0 aliphatic heterocycles. The Morgan fingerprint density at radius 3 is 2.35 bits per heavy atom. The third-order valence-corrected chi connectivity index (χ3v) is 13.9. The molecule has 234 valence electrons. The van der Waals surface area contributed by atoms with E-state index in [1.54, 1.807) is 12.3 Å². The quantitative estimate of drug-likeness (QED) is 0.369. The number of amides is 1. The maximum atomic E-state index is 14.2. The van der Waals surface area contributed by atoms with Gasteiger partial charge in [0.2, 0.25) is 5.91 Å². The average Bonchev–Trinajstić information content (AvgIpc) is 3.24. The molecule has 0 saturated heterocycles. The molecule has 0 radical (unpaired) electrons. The minimum Gasteiger partial charge on any atom is -0.462 e. The molecule has 1 N–H and O–H groups in total. The van der Waals surface area contributed by atoms with E-state index >= 15 is 0 Å². The summed E-state index contributed by atoms with van der Waals surface area (Å²) in [6.07, 6.45) is 11.3. The van der Waals surface area contributed by atoms with E-state index in [1.165, 1.54) is 13.3 Å². The second kappa shape index (κ2) is 9.97. The molecule has 5 aliphatic carbocycles. The molecule has 43 heavy (non-hydrogen) atoms. The van der Waals surface area contributed by atoms with Gasteiger partial charge in [0.15, 0.2) is 5.78 Å². The molecular formula is C36H51N3O4.